The van der Waals surface area contributed by atoms with Gasteiger partial charge in [-0.1, -0.05) is 24.3 Å². The molecule has 1 aromatic heterocycles. The number of aliphatic carboxylic acids is 1. The summed E-state index contributed by atoms with van der Waals surface area (Å²) >= 11 is 1.50. The van der Waals surface area contributed by atoms with Gasteiger partial charge in [0.1, 0.15) is 5.82 Å². The quantitative estimate of drug-likeness (QED) is 0.902. The highest BCUT2D eigenvalue weighted by atomic mass is 32.1. The SMILES string of the molecule is O=C(O)CCC(=O)N1N=C(c2cccs2)C[C@@H]1c1ccccc1F. The summed E-state index contributed by atoms with van der Waals surface area (Å²) < 4.78 is 14.2. The lowest BCUT2D eigenvalue weighted by Crippen LogP contribution is -2.28. The van der Waals surface area contributed by atoms with Gasteiger partial charge in [0.05, 0.1) is 23.1 Å². The van der Waals surface area contributed by atoms with E-state index in [1.54, 1.807) is 18.2 Å². The molecule has 0 aliphatic carbocycles. The molecule has 1 aromatic carbocycles. The minimum Gasteiger partial charge on any atom is -0.481 e. The van der Waals surface area contributed by atoms with Crippen LogP contribution < -0.4 is 0 Å². The lowest BCUT2D eigenvalue weighted by molar-refractivity contribution is -0.141. The highest BCUT2D eigenvalue weighted by Gasteiger charge is 2.34. The lowest BCUT2D eigenvalue weighted by atomic mass is 10.0. The van der Waals surface area contributed by atoms with E-state index in [0.717, 1.165) is 4.88 Å². The van der Waals surface area contributed by atoms with Crippen molar-refractivity contribution in [2.75, 3.05) is 0 Å². The summed E-state index contributed by atoms with van der Waals surface area (Å²) in [4.78, 5) is 24.0. The maximum atomic E-state index is 14.2. The number of hydrogen-bond donors (Lipinski definition) is 1. The Morgan fingerprint density at radius 2 is 2.04 bits per heavy atom. The molecule has 24 heavy (non-hydrogen) atoms. The number of halogens is 1. The van der Waals surface area contributed by atoms with Crippen molar-refractivity contribution in [2.24, 2.45) is 5.10 Å². The molecule has 1 N–H and O–H groups in total. The minimum atomic E-state index is -1.05. The van der Waals surface area contributed by atoms with E-state index >= 15 is 0 Å². The molecule has 2 aromatic rings. The highest BCUT2D eigenvalue weighted by molar-refractivity contribution is 7.12. The number of thiophene rings is 1. The van der Waals surface area contributed by atoms with Crippen LogP contribution >= 0.6 is 11.3 Å². The van der Waals surface area contributed by atoms with Gasteiger partial charge < -0.3 is 5.11 Å². The topological polar surface area (TPSA) is 70.0 Å². The van der Waals surface area contributed by atoms with Crippen molar-refractivity contribution in [3.8, 4) is 0 Å². The molecule has 1 amide bonds. The van der Waals surface area contributed by atoms with Crippen LogP contribution in [0.5, 0.6) is 0 Å². The van der Waals surface area contributed by atoms with Gasteiger partial charge in [-0.25, -0.2) is 9.40 Å². The summed E-state index contributed by atoms with van der Waals surface area (Å²) in [5.74, 6) is -1.87. The van der Waals surface area contributed by atoms with Crippen molar-refractivity contribution < 1.29 is 19.1 Å². The fourth-order valence-electron chi connectivity index (χ4n) is 2.65. The molecule has 0 radical (unpaired) electrons. The molecule has 2 heterocycles. The van der Waals surface area contributed by atoms with Crippen LogP contribution in [0.25, 0.3) is 0 Å². The number of rotatable bonds is 5. The molecule has 0 unspecified atom stereocenters. The third-order valence-corrected chi connectivity index (χ3v) is 4.71. The Labute approximate surface area is 142 Å². The first-order chi connectivity index (χ1) is 11.6. The molecule has 5 nitrogen and oxygen atoms in total. The second-order valence-corrected chi connectivity index (χ2v) is 6.35. The van der Waals surface area contributed by atoms with E-state index in [9.17, 15) is 14.0 Å². The minimum absolute atomic E-state index is 0.165. The maximum Gasteiger partial charge on any atom is 0.303 e. The molecular formula is C17H15FN2O3S. The molecule has 0 saturated heterocycles. The number of nitrogens with zero attached hydrogens (tertiary/aromatic N) is 2. The van der Waals surface area contributed by atoms with E-state index in [-0.39, 0.29) is 12.8 Å². The van der Waals surface area contributed by atoms with Crippen molar-refractivity contribution in [1.29, 1.82) is 0 Å². The fraction of sp³-hybridized carbons (Fsp3) is 0.235. The average molecular weight is 346 g/mol. The normalized spacial score (nSPS) is 17.0. The average Bonchev–Trinajstić information content (AvgIpc) is 3.22. The van der Waals surface area contributed by atoms with E-state index in [1.807, 2.05) is 17.5 Å². The second kappa shape index (κ2) is 6.92. The Kier molecular flexibility index (Phi) is 4.71. The van der Waals surface area contributed by atoms with Crippen LogP contribution in [0.4, 0.5) is 4.39 Å². The third kappa shape index (κ3) is 3.35. The molecule has 1 aliphatic rings. The van der Waals surface area contributed by atoms with Crippen LogP contribution in [0.3, 0.4) is 0 Å². The molecule has 0 fully saturated rings. The zero-order valence-electron chi connectivity index (χ0n) is 12.7. The summed E-state index contributed by atoms with van der Waals surface area (Å²) in [6.45, 7) is 0. The molecule has 1 aliphatic heterocycles. The van der Waals surface area contributed by atoms with E-state index in [1.165, 1.54) is 22.4 Å². The maximum absolute atomic E-state index is 14.2. The Morgan fingerprint density at radius 1 is 1.25 bits per heavy atom. The van der Waals surface area contributed by atoms with E-state index < -0.39 is 23.7 Å². The first kappa shape index (κ1) is 16.3. The van der Waals surface area contributed by atoms with Crippen LogP contribution in [0.2, 0.25) is 0 Å². The summed E-state index contributed by atoms with van der Waals surface area (Å²) in [5, 5.41) is 16.3. The molecule has 0 saturated carbocycles. The molecule has 7 heteroatoms. The number of carbonyl (C=O) groups is 2. The van der Waals surface area contributed by atoms with Gasteiger partial charge >= 0.3 is 5.97 Å². The first-order valence-corrected chi connectivity index (χ1v) is 8.34. The van der Waals surface area contributed by atoms with E-state index in [0.29, 0.717) is 17.7 Å². The fourth-order valence-corrected chi connectivity index (χ4v) is 3.37. The van der Waals surface area contributed by atoms with Gasteiger partial charge in [-0.3, -0.25) is 9.59 Å². The Morgan fingerprint density at radius 3 is 2.71 bits per heavy atom. The number of hydrogen-bond acceptors (Lipinski definition) is 4. The molecular weight excluding hydrogens is 331 g/mol. The molecule has 3 rings (SSSR count). The van der Waals surface area contributed by atoms with Crippen LogP contribution in [-0.2, 0) is 9.59 Å². The van der Waals surface area contributed by atoms with Gasteiger partial charge in [-0.2, -0.15) is 5.10 Å². The molecule has 124 valence electrons. The van der Waals surface area contributed by atoms with Crippen LogP contribution in [0.1, 0.15) is 35.7 Å². The molecule has 0 spiro atoms. The Hall–Kier alpha value is -2.54. The van der Waals surface area contributed by atoms with Gasteiger partial charge in [0.2, 0.25) is 5.91 Å². The van der Waals surface area contributed by atoms with Crippen LogP contribution in [0, 0.1) is 5.82 Å². The predicted octanol–water partition coefficient (Wildman–Crippen LogP) is 3.43. The zero-order valence-corrected chi connectivity index (χ0v) is 13.5. The lowest BCUT2D eigenvalue weighted by Gasteiger charge is -2.22. The standard InChI is InChI=1S/C17H15FN2O3S/c18-12-5-2-1-4-11(12)14-10-13(15-6-3-9-24-15)19-20(14)16(21)7-8-17(22)23/h1-6,9,14H,7-8,10H2,(H,22,23)/t14-/m1/s1. The first-order valence-electron chi connectivity index (χ1n) is 7.46. The number of benzene rings is 1. The van der Waals surface area contributed by atoms with Crippen molar-refractivity contribution in [2.45, 2.75) is 25.3 Å². The van der Waals surface area contributed by atoms with Crippen molar-refractivity contribution in [1.82, 2.24) is 5.01 Å². The van der Waals surface area contributed by atoms with E-state index in [4.69, 9.17) is 5.11 Å². The molecule has 1 atom stereocenters. The van der Waals surface area contributed by atoms with Crippen molar-refractivity contribution >= 4 is 28.9 Å². The number of carboxylic acids is 1. The monoisotopic (exact) mass is 346 g/mol. The van der Waals surface area contributed by atoms with Gasteiger partial charge in [0.15, 0.2) is 0 Å². The largest absolute Gasteiger partial charge is 0.481 e. The Balaban J connectivity index is 1.91. The Bertz CT molecular complexity index is 789. The van der Waals surface area contributed by atoms with Gasteiger partial charge in [-0.15, -0.1) is 11.3 Å². The number of hydrazone groups is 1. The van der Waals surface area contributed by atoms with Gasteiger partial charge in [0, 0.05) is 18.4 Å². The predicted molar refractivity (Wildman–Crippen MR) is 88.3 cm³/mol. The highest BCUT2D eigenvalue weighted by Crippen LogP contribution is 2.35. The third-order valence-electron chi connectivity index (χ3n) is 3.79. The van der Waals surface area contributed by atoms with Crippen molar-refractivity contribution in [3.63, 3.8) is 0 Å². The smallest absolute Gasteiger partial charge is 0.303 e. The van der Waals surface area contributed by atoms with Crippen molar-refractivity contribution in [3.05, 3.63) is 58.0 Å². The molecule has 0 bridgehead atoms. The van der Waals surface area contributed by atoms with Crippen LogP contribution in [-0.4, -0.2) is 27.7 Å². The summed E-state index contributed by atoms with van der Waals surface area (Å²) in [5.41, 5.74) is 1.10. The summed E-state index contributed by atoms with van der Waals surface area (Å²) in [6.07, 6.45) is -0.0368. The summed E-state index contributed by atoms with van der Waals surface area (Å²) in [7, 11) is 0. The van der Waals surface area contributed by atoms with Crippen LogP contribution in [0.15, 0.2) is 46.9 Å². The second-order valence-electron chi connectivity index (χ2n) is 5.40. The number of carbonyl (C=O) groups excluding carboxylic acids is 1. The number of amides is 1. The zero-order chi connectivity index (χ0) is 17.1. The van der Waals surface area contributed by atoms with Gasteiger partial charge in [-0.05, 0) is 17.5 Å². The summed E-state index contributed by atoms with van der Waals surface area (Å²) in [6, 6.07) is 9.50. The van der Waals surface area contributed by atoms with E-state index in [2.05, 4.69) is 5.10 Å². The number of carboxylic acid groups (broad SMARTS) is 1. The van der Waals surface area contributed by atoms with Gasteiger partial charge in [0.25, 0.3) is 0 Å².